The van der Waals surface area contributed by atoms with Crippen molar-refractivity contribution in [2.45, 2.75) is 61.4 Å². The Kier molecular flexibility index (Phi) is 8.87. The van der Waals surface area contributed by atoms with Crippen LogP contribution >= 0.6 is 0 Å². The van der Waals surface area contributed by atoms with Gasteiger partial charge < -0.3 is 79.5 Å². The van der Waals surface area contributed by atoms with Gasteiger partial charge >= 0.3 is 0 Å². The van der Waals surface area contributed by atoms with Gasteiger partial charge in [-0.05, 0) is 18.2 Å². The van der Waals surface area contributed by atoms with Gasteiger partial charge in [0.1, 0.15) is 71.3 Å². The highest BCUT2D eigenvalue weighted by Crippen LogP contribution is 2.39. The Balaban J connectivity index is 1.44. The Bertz CT molecular complexity index is 1550. The van der Waals surface area contributed by atoms with Gasteiger partial charge in [-0.25, -0.2) is 0 Å². The molecular formula is C27H30O17. The first-order valence-corrected chi connectivity index (χ1v) is 13.2. The van der Waals surface area contributed by atoms with Crippen LogP contribution in [0.5, 0.6) is 28.7 Å². The third-order valence-corrected chi connectivity index (χ3v) is 7.34. The molecule has 17 heteroatoms. The molecule has 2 saturated heterocycles. The smallest absolute Gasteiger partial charge is 0.238 e. The predicted octanol–water partition coefficient (Wildman–Crippen LogP) is -3.07. The quantitative estimate of drug-likeness (QED) is 0.124. The summed E-state index contributed by atoms with van der Waals surface area (Å²) >= 11 is 0. The molecule has 2 fully saturated rings. The predicted molar refractivity (Wildman–Crippen MR) is 142 cm³/mol. The summed E-state index contributed by atoms with van der Waals surface area (Å²) in [6.07, 6.45) is -16.1. The summed E-state index contributed by atoms with van der Waals surface area (Å²) in [5.74, 6) is -3.27. The van der Waals surface area contributed by atoms with Crippen molar-refractivity contribution in [1.29, 1.82) is 0 Å². The van der Waals surface area contributed by atoms with E-state index < -0.39 is 108 Å². The van der Waals surface area contributed by atoms with E-state index >= 15 is 0 Å². The Morgan fingerprint density at radius 3 is 1.80 bits per heavy atom. The number of phenols is 2. The number of phenolic OH excluding ortho intramolecular Hbond substituents is 2. The van der Waals surface area contributed by atoms with Crippen LogP contribution in [-0.4, -0.2) is 131 Å². The maximum Gasteiger partial charge on any atom is 0.238 e. The maximum atomic E-state index is 13.0. The Morgan fingerprint density at radius 1 is 0.682 bits per heavy atom. The summed E-state index contributed by atoms with van der Waals surface area (Å²) in [5.41, 5.74) is -1.47. The van der Waals surface area contributed by atoms with Crippen LogP contribution in [0.4, 0.5) is 0 Å². The van der Waals surface area contributed by atoms with Crippen LogP contribution in [0.25, 0.3) is 22.3 Å². The summed E-state index contributed by atoms with van der Waals surface area (Å²) in [6, 6.07) is 5.42. The number of hydrogen-bond acceptors (Lipinski definition) is 17. The third-order valence-electron chi connectivity index (χ3n) is 7.34. The zero-order valence-corrected chi connectivity index (χ0v) is 22.4. The van der Waals surface area contributed by atoms with Crippen LogP contribution < -0.4 is 14.9 Å². The van der Waals surface area contributed by atoms with Crippen molar-refractivity contribution in [1.82, 2.24) is 0 Å². The molecule has 10 atom stereocenters. The van der Waals surface area contributed by atoms with Crippen LogP contribution in [-0.2, 0) is 9.47 Å². The van der Waals surface area contributed by atoms with Gasteiger partial charge in [0.05, 0.1) is 13.2 Å². The average molecular weight is 627 g/mol. The molecule has 5 rings (SSSR count). The molecule has 1 aromatic heterocycles. The second kappa shape index (κ2) is 12.3. The molecule has 0 saturated carbocycles. The van der Waals surface area contributed by atoms with E-state index in [-0.39, 0.29) is 22.6 Å². The summed E-state index contributed by atoms with van der Waals surface area (Å²) < 4.78 is 27.1. The van der Waals surface area contributed by atoms with Crippen LogP contribution in [0, 0.1) is 0 Å². The Hall–Kier alpha value is -3.75. The highest BCUT2D eigenvalue weighted by molar-refractivity contribution is 5.88. The molecule has 44 heavy (non-hydrogen) atoms. The lowest BCUT2D eigenvalue weighted by Crippen LogP contribution is -2.60. The second-order valence-electron chi connectivity index (χ2n) is 10.2. The fourth-order valence-electron chi connectivity index (χ4n) is 4.88. The lowest BCUT2D eigenvalue weighted by molar-refractivity contribution is -0.277. The van der Waals surface area contributed by atoms with Crippen molar-refractivity contribution in [3.8, 4) is 40.1 Å². The molecular weight excluding hydrogens is 596 g/mol. The van der Waals surface area contributed by atoms with Gasteiger partial charge in [-0.2, -0.15) is 0 Å². The minimum absolute atomic E-state index is 0.0695. The zero-order valence-electron chi connectivity index (χ0n) is 22.4. The van der Waals surface area contributed by atoms with Gasteiger partial charge in [-0.15, -0.1) is 0 Å². The molecule has 0 spiro atoms. The number of aromatic hydroxyl groups is 3. The number of benzene rings is 2. The molecule has 3 aromatic rings. The number of ether oxygens (including phenoxy) is 4. The van der Waals surface area contributed by atoms with E-state index in [1.807, 2.05) is 0 Å². The standard InChI is InChI=1S/C27H30O17/c28-6-14-17(32)20(35)23(38)26(43-14)40-9-4-11(31)16-13(5-9)41-25(22(37)19(16)34)8-1-2-12(10(30)3-8)42-27-24(39)21(36)18(33)15(7-29)44-27/h1-5,14-15,17-18,20-21,23-24,26-33,35-39H,6-7H2/t14-,15+,17-,18-,20+,21+,23-,24-,26-,27-/m1/s1. The lowest BCUT2D eigenvalue weighted by Gasteiger charge is -2.39. The minimum atomic E-state index is -1.78. The van der Waals surface area contributed by atoms with Gasteiger partial charge in [-0.3, -0.25) is 4.79 Å². The highest BCUT2D eigenvalue weighted by Gasteiger charge is 2.46. The Labute approximate surface area is 246 Å². The van der Waals surface area contributed by atoms with Crippen molar-refractivity contribution >= 4 is 11.0 Å². The van der Waals surface area contributed by atoms with Gasteiger partial charge in [0.2, 0.25) is 23.8 Å². The van der Waals surface area contributed by atoms with Crippen molar-refractivity contribution < 1.29 is 79.5 Å². The SMILES string of the molecule is O=c1c(O)c(-c2ccc(O[C@@H]3O[C@@H](CO)[C@@H](O)[C@H](O)[C@H]3O)c(O)c2)oc2cc(O[C@@H]3O[C@H](CO)[C@@H](O)[C@H](O)[C@H]3O)cc(O)c12. The number of aliphatic hydroxyl groups excluding tert-OH is 8. The second-order valence-corrected chi connectivity index (χ2v) is 10.2. The summed E-state index contributed by atoms with van der Waals surface area (Å²) in [4.78, 5) is 13.0. The molecule has 0 bridgehead atoms. The summed E-state index contributed by atoms with van der Waals surface area (Å²) in [5, 5.41) is 110. The average Bonchev–Trinajstić information content (AvgIpc) is 3.00. The number of hydrogen-bond donors (Lipinski definition) is 11. The number of fused-ring (bicyclic) bond motifs is 1. The van der Waals surface area contributed by atoms with E-state index in [0.717, 1.165) is 24.3 Å². The van der Waals surface area contributed by atoms with Gasteiger partial charge in [0.25, 0.3) is 0 Å². The first-order chi connectivity index (χ1) is 20.9. The van der Waals surface area contributed by atoms with E-state index in [1.54, 1.807) is 0 Å². The largest absolute Gasteiger partial charge is 0.507 e. The van der Waals surface area contributed by atoms with Crippen LogP contribution in [0.3, 0.4) is 0 Å². The van der Waals surface area contributed by atoms with Gasteiger partial charge in [0, 0.05) is 17.7 Å². The molecule has 0 radical (unpaired) electrons. The molecule has 2 aliphatic rings. The molecule has 17 nitrogen and oxygen atoms in total. The molecule has 2 aliphatic heterocycles. The fraction of sp³-hybridized carbons (Fsp3) is 0.444. The molecule has 11 N–H and O–H groups in total. The number of rotatable bonds is 7. The van der Waals surface area contributed by atoms with Gasteiger partial charge in [0.15, 0.2) is 17.3 Å². The fourth-order valence-corrected chi connectivity index (χ4v) is 4.88. The van der Waals surface area contributed by atoms with E-state index in [4.69, 9.17) is 23.4 Å². The van der Waals surface area contributed by atoms with E-state index in [2.05, 4.69) is 0 Å². The van der Waals surface area contributed by atoms with Crippen molar-refractivity contribution in [2.24, 2.45) is 0 Å². The normalized spacial score (nSPS) is 32.5. The topological polar surface area (TPSA) is 290 Å². The third kappa shape index (κ3) is 5.61. The van der Waals surface area contributed by atoms with E-state index in [0.29, 0.717) is 0 Å². The molecule has 0 amide bonds. The van der Waals surface area contributed by atoms with Crippen LogP contribution in [0.2, 0.25) is 0 Å². The first-order valence-electron chi connectivity index (χ1n) is 13.2. The maximum absolute atomic E-state index is 13.0. The molecule has 3 heterocycles. The van der Waals surface area contributed by atoms with Crippen LogP contribution in [0.15, 0.2) is 39.5 Å². The van der Waals surface area contributed by atoms with Crippen molar-refractivity contribution in [2.75, 3.05) is 13.2 Å². The lowest BCUT2D eigenvalue weighted by atomic mass is 9.99. The molecule has 240 valence electrons. The highest BCUT2D eigenvalue weighted by atomic mass is 16.7. The van der Waals surface area contributed by atoms with Crippen molar-refractivity contribution in [3.05, 3.63) is 40.6 Å². The molecule has 0 aliphatic carbocycles. The summed E-state index contributed by atoms with van der Waals surface area (Å²) in [6.45, 7) is -1.43. The Morgan fingerprint density at radius 2 is 1.25 bits per heavy atom. The molecule has 2 aromatic carbocycles. The first kappa shape index (κ1) is 31.7. The summed E-state index contributed by atoms with van der Waals surface area (Å²) in [7, 11) is 0. The van der Waals surface area contributed by atoms with Gasteiger partial charge in [-0.1, -0.05) is 0 Å². The van der Waals surface area contributed by atoms with Crippen molar-refractivity contribution in [3.63, 3.8) is 0 Å². The molecule has 0 unspecified atom stereocenters. The zero-order chi connectivity index (χ0) is 32.0. The van der Waals surface area contributed by atoms with E-state index in [9.17, 15) is 61.0 Å². The monoisotopic (exact) mass is 626 g/mol. The van der Waals surface area contributed by atoms with Crippen LogP contribution in [0.1, 0.15) is 0 Å². The number of aliphatic hydroxyl groups is 8. The minimum Gasteiger partial charge on any atom is -0.507 e. The van der Waals surface area contributed by atoms with E-state index in [1.165, 1.54) is 6.07 Å².